The quantitative estimate of drug-likeness (QED) is 0.757. The number of benzene rings is 1. The van der Waals surface area contributed by atoms with Gasteiger partial charge in [0.15, 0.2) is 0 Å². The van der Waals surface area contributed by atoms with E-state index in [1.807, 2.05) is 6.92 Å². The molecule has 0 radical (unpaired) electrons. The Morgan fingerprint density at radius 3 is 2.79 bits per heavy atom. The average Bonchev–Trinajstić information content (AvgIpc) is 2.08. The largest absolute Gasteiger partial charge is 0.370 e. The number of amides is 1. The summed E-state index contributed by atoms with van der Waals surface area (Å²) in [6, 6.07) is 3.80. The highest BCUT2D eigenvalue weighted by atomic mass is 19.1. The fraction of sp³-hybridized carbons (Fsp3) is 0.300. The summed E-state index contributed by atoms with van der Waals surface area (Å²) in [7, 11) is 0. The van der Waals surface area contributed by atoms with Crippen LogP contribution in [0.5, 0.6) is 0 Å². The molecule has 4 N–H and O–H groups in total. The first kappa shape index (κ1) is 10.7. The Morgan fingerprint density at radius 2 is 2.21 bits per heavy atom. The Hall–Kier alpha value is -1.42. The van der Waals surface area contributed by atoms with Crippen molar-refractivity contribution in [3.8, 4) is 0 Å². The molecule has 1 atom stereocenters. The van der Waals surface area contributed by atoms with E-state index < -0.39 is 11.9 Å². The molecular formula is C10H13FN2O. The Morgan fingerprint density at radius 1 is 1.57 bits per heavy atom. The Kier molecular flexibility index (Phi) is 3.19. The second-order valence-corrected chi connectivity index (χ2v) is 3.28. The summed E-state index contributed by atoms with van der Waals surface area (Å²) in [6.45, 7) is 1.82. The summed E-state index contributed by atoms with van der Waals surface area (Å²) >= 11 is 0. The molecule has 14 heavy (non-hydrogen) atoms. The number of hydrogen-bond acceptors (Lipinski definition) is 2. The maximum atomic E-state index is 12.9. The number of carbonyl (C=O) groups is 1. The normalized spacial score (nSPS) is 12.5. The first-order valence-electron chi connectivity index (χ1n) is 4.30. The van der Waals surface area contributed by atoms with Crippen molar-refractivity contribution < 1.29 is 9.18 Å². The van der Waals surface area contributed by atoms with Crippen molar-refractivity contribution in [2.24, 2.45) is 11.5 Å². The van der Waals surface area contributed by atoms with Gasteiger partial charge in [-0.2, -0.15) is 0 Å². The van der Waals surface area contributed by atoms with Crippen LogP contribution in [-0.2, 0) is 4.79 Å². The van der Waals surface area contributed by atoms with E-state index in [1.165, 1.54) is 12.1 Å². The molecule has 0 bridgehead atoms. The molecule has 1 rings (SSSR count). The van der Waals surface area contributed by atoms with Crippen LogP contribution in [0.1, 0.15) is 23.6 Å². The van der Waals surface area contributed by atoms with Crippen molar-refractivity contribution in [3.05, 3.63) is 35.1 Å². The van der Waals surface area contributed by atoms with E-state index in [-0.39, 0.29) is 12.2 Å². The Bertz CT molecular complexity index is 352. The molecule has 0 aromatic heterocycles. The zero-order valence-corrected chi connectivity index (χ0v) is 7.96. The lowest BCUT2D eigenvalue weighted by atomic mass is 9.99. The summed E-state index contributed by atoms with van der Waals surface area (Å²) in [5.74, 6) is -0.841. The molecule has 4 heteroatoms. The highest BCUT2D eigenvalue weighted by Gasteiger charge is 2.12. The van der Waals surface area contributed by atoms with E-state index in [1.54, 1.807) is 6.07 Å². The van der Waals surface area contributed by atoms with E-state index in [9.17, 15) is 9.18 Å². The summed E-state index contributed by atoms with van der Waals surface area (Å²) in [5.41, 5.74) is 12.2. The van der Waals surface area contributed by atoms with Gasteiger partial charge in [0.2, 0.25) is 5.91 Å². The Labute approximate surface area is 81.9 Å². The molecule has 0 aliphatic carbocycles. The zero-order chi connectivity index (χ0) is 10.7. The highest BCUT2D eigenvalue weighted by molar-refractivity contribution is 5.74. The van der Waals surface area contributed by atoms with Gasteiger partial charge in [-0.1, -0.05) is 6.07 Å². The van der Waals surface area contributed by atoms with Crippen molar-refractivity contribution in [3.63, 3.8) is 0 Å². The summed E-state index contributed by atoms with van der Waals surface area (Å²) < 4.78 is 12.9. The standard InChI is InChI=1S/C10H13FN2O/c1-6-2-3-7(11)4-8(6)9(12)5-10(13)14/h2-4,9H,5,12H2,1H3,(H2,13,14). The van der Waals surface area contributed by atoms with Crippen LogP contribution in [0.25, 0.3) is 0 Å². The van der Waals surface area contributed by atoms with Crippen molar-refractivity contribution in [2.45, 2.75) is 19.4 Å². The molecule has 0 saturated heterocycles. The van der Waals surface area contributed by atoms with Gasteiger partial charge in [-0.15, -0.1) is 0 Å². The molecular weight excluding hydrogens is 183 g/mol. The average molecular weight is 196 g/mol. The van der Waals surface area contributed by atoms with Crippen LogP contribution in [-0.4, -0.2) is 5.91 Å². The van der Waals surface area contributed by atoms with Gasteiger partial charge in [0.1, 0.15) is 5.82 Å². The molecule has 0 fully saturated rings. The van der Waals surface area contributed by atoms with Gasteiger partial charge >= 0.3 is 0 Å². The Balaban J connectivity index is 2.93. The minimum Gasteiger partial charge on any atom is -0.370 e. The van der Waals surface area contributed by atoms with Crippen LogP contribution >= 0.6 is 0 Å². The van der Waals surface area contributed by atoms with Gasteiger partial charge in [-0.25, -0.2) is 4.39 Å². The first-order chi connectivity index (χ1) is 6.50. The lowest BCUT2D eigenvalue weighted by molar-refractivity contribution is -0.118. The molecule has 1 unspecified atom stereocenters. The van der Waals surface area contributed by atoms with Gasteiger partial charge in [0.25, 0.3) is 0 Å². The van der Waals surface area contributed by atoms with Crippen LogP contribution in [0.2, 0.25) is 0 Å². The van der Waals surface area contributed by atoms with Crippen molar-refractivity contribution in [2.75, 3.05) is 0 Å². The highest BCUT2D eigenvalue weighted by Crippen LogP contribution is 2.19. The van der Waals surface area contributed by atoms with Gasteiger partial charge in [0, 0.05) is 12.5 Å². The van der Waals surface area contributed by atoms with Gasteiger partial charge < -0.3 is 11.5 Å². The molecule has 76 valence electrons. The summed E-state index contributed by atoms with van der Waals surface area (Å²) in [4.78, 5) is 10.6. The minimum atomic E-state index is -0.525. The fourth-order valence-corrected chi connectivity index (χ4v) is 1.34. The lowest BCUT2D eigenvalue weighted by Gasteiger charge is -2.12. The molecule has 0 aliphatic heterocycles. The number of halogens is 1. The molecule has 1 aromatic rings. The molecule has 1 amide bonds. The summed E-state index contributed by atoms with van der Waals surface area (Å²) in [5, 5.41) is 0. The molecule has 1 aromatic carbocycles. The first-order valence-corrected chi connectivity index (χ1v) is 4.30. The minimum absolute atomic E-state index is 0.0320. The smallest absolute Gasteiger partial charge is 0.219 e. The SMILES string of the molecule is Cc1ccc(F)cc1C(N)CC(N)=O. The van der Waals surface area contributed by atoms with E-state index in [0.29, 0.717) is 5.56 Å². The van der Waals surface area contributed by atoms with E-state index >= 15 is 0 Å². The maximum Gasteiger partial charge on any atom is 0.219 e. The van der Waals surface area contributed by atoms with Crippen molar-refractivity contribution in [1.29, 1.82) is 0 Å². The van der Waals surface area contributed by atoms with E-state index in [0.717, 1.165) is 5.56 Å². The fourth-order valence-electron chi connectivity index (χ4n) is 1.34. The predicted molar refractivity (Wildman–Crippen MR) is 51.9 cm³/mol. The van der Waals surface area contributed by atoms with Crippen LogP contribution < -0.4 is 11.5 Å². The molecule has 3 nitrogen and oxygen atoms in total. The van der Waals surface area contributed by atoms with Crippen LogP contribution in [0.15, 0.2) is 18.2 Å². The predicted octanol–water partition coefficient (Wildman–Crippen LogP) is 1.01. The lowest BCUT2D eigenvalue weighted by Crippen LogP contribution is -2.21. The van der Waals surface area contributed by atoms with E-state index in [2.05, 4.69) is 0 Å². The number of rotatable bonds is 3. The van der Waals surface area contributed by atoms with Gasteiger partial charge in [0.05, 0.1) is 0 Å². The third kappa shape index (κ3) is 2.53. The van der Waals surface area contributed by atoms with Crippen molar-refractivity contribution in [1.82, 2.24) is 0 Å². The van der Waals surface area contributed by atoms with Crippen LogP contribution in [0.3, 0.4) is 0 Å². The molecule has 0 heterocycles. The molecule has 0 aliphatic rings. The van der Waals surface area contributed by atoms with Crippen molar-refractivity contribution >= 4 is 5.91 Å². The van der Waals surface area contributed by atoms with Gasteiger partial charge in [-0.3, -0.25) is 4.79 Å². The summed E-state index contributed by atoms with van der Waals surface area (Å²) in [6.07, 6.45) is 0.0320. The van der Waals surface area contributed by atoms with Crippen LogP contribution in [0.4, 0.5) is 4.39 Å². The zero-order valence-electron chi connectivity index (χ0n) is 7.96. The molecule has 0 saturated carbocycles. The monoisotopic (exact) mass is 196 g/mol. The second-order valence-electron chi connectivity index (χ2n) is 3.28. The topological polar surface area (TPSA) is 69.1 Å². The molecule has 0 spiro atoms. The van der Waals surface area contributed by atoms with Gasteiger partial charge in [-0.05, 0) is 30.2 Å². The third-order valence-corrected chi connectivity index (χ3v) is 2.06. The number of hydrogen-bond donors (Lipinski definition) is 2. The number of primary amides is 1. The third-order valence-electron chi connectivity index (χ3n) is 2.06. The number of nitrogens with two attached hydrogens (primary N) is 2. The second kappa shape index (κ2) is 4.19. The van der Waals surface area contributed by atoms with E-state index in [4.69, 9.17) is 11.5 Å². The number of carbonyl (C=O) groups excluding carboxylic acids is 1. The number of aryl methyl sites for hydroxylation is 1. The maximum absolute atomic E-state index is 12.9. The van der Waals surface area contributed by atoms with Crippen LogP contribution in [0, 0.1) is 12.7 Å².